The fourth-order valence-electron chi connectivity index (χ4n) is 3.48. The van der Waals surface area contributed by atoms with Gasteiger partial charge in [0.1, 0.15) is 18.7 Å². The molecule has 1 N–H and O–H groups in total. The van der Waals surface area contributed by atoms with E-state index in [0.29, 0.717) is 43.7 Å². The van der Waals surface area contributed by atoms with E-state index in [1.54, 1.807) is 46.5 Å². The van der Waals surface area contributed by atoms with Crippen LogP contribution in [-0.4, -0.2) is 72.9 Å². The molecule has 2 amide bonds. The summed E-state index contributed by atoms with van der Waals surface area (Å²) in [6.07, 6.45) is 8.55. The van der Waals surface area contributed by atoms with Crippen molar-refractivity contribution in [3.8, 4) is 5.82 Å². The van der Waals surface area contributed by atoms with Crippen molar-refractivity contribution in [2.24, 2.45) is 0 Å². The fraction of sp³-hybridized carbons (Fsp3) is 0.421. The summed E-state index contributed by atoms with van der Waals surface area (Å²) in [5, 5.41) is 9.04. The van der Waals surface area contributed by atoms with Crippen molar-refractivity contribution in [2.45, 2.75) is 32.2 Å². The molecule has 2 aromatic heterocycles. The first-order valence-electron chi connectivity index (χ1n) is 9.18. The van der Waals surface area contributed by atoms with Crippen molar-refractivity contribution < 1.29 is 19.5 Å². The summed E-state index contributed by atoms with van der Waals surface area (Å²) in [4.78, 5) is 47.1. The average molecular weight is 385 g/mol. The SMILES string of the molecule is CC(=O)N(CC(=O)O)C1CCCN(C(=O)c2ccc(-n3ccnc3)nc2)CC1. The summed E-state index contributed by atoms with van der Waals surface area (Å²) in [5.41, 5.74) is 0.497. The maximum Gasteiger partial charge on any atom is 0.323 e. The minimum atomic E-state index is -1.03. The Kier molecular flexibility index (Phi) is 6.03. The van der Waals surface area contributed by atoms with Crippen molar-refractivity contribution in [2.75, 3.05) is 19.6 Å². The van der Waals surface area contributed by atoms with Crippen LogP contribution < -0.4 is 0 Å². The van der Waals surface area contributed by atoms with Gasteiger partial charge in [-0.15, -0.1) is 0 Å². The Hall–Kier alpha value is -3.23. The van der Waals surface area contributed by atoms with Crippen molar-refractivity contribution in [3.63, 3.8) is 0 Å². The number of nitrogens with zero attached hydrogens (tertiary/aromatic N) is 5. The van der Waals surface area contributed by atoms with Crippen LogP contribution in [0.25, 0.3) is 5.82 Å². The molecule has 0 aliphatic carbocycles. The Morgan fingerprint density at radius 1 is 1.25 bits per heavy atom. The second-order valence-electron chi connectivity index (χ2n) is 6.79. The number of hydrogen-bond donors (Lipinski definition) is 1. The van der Waals surface area contributed by atoms with Gasteiger partial charge >= 0.3 is 5.97 Å². The van der Waals surface area contributed by atoms with Crippen LogP contribution in [0.15, 0.2) is 37.1 Å². The predicted molar refractivity (Wildman–Crippen MR) is 99.9 cm³/mol. The highest BCUT2D eigenvalue weighted by molar-refractivity contribution is 5.94. The molecule has 0 aromatic carbocycles. The van der Waals surface area contributed by atoms with Crippen LogP contribution in [0.3, 0.4) is 0 Å². The van der Waals surface area contributed by atoms with Crippen LogP contribution in [0, 0.1) is 0 Å². The van der Waals surface area contributed by atoms with E-state index < -0.39 is 5.97 Å². The van der Waals surface area contributed by atoms with Crippen LogP contribution in [0.2, 0.25) is 0 Å². The average Bonchev–Trinajstić information content (AvgIpc) is 3.10. The smallest absolute Gasteiger partial charge is 0.323 e. The van der Waals surface area contributed by atoms with Gasteiger partial charge in [-0.3, -0.25) is 19.0 Å². The Bertz CT molecular complexity index is 835. The van der Waals surface area contributed by atoms with Crippen molar-refractivity contribution in [1.29, 1.82) is 0 Å². The molecule has 0 radical (unpaired) electrons. The van der Waals surface area contributed by atoms with E-state index in [-0.39, 0.29) is 24.4 Å². The van der Waals surface area contributed by atoms with Gasteiger partial charge in [0.05, 0.1) is 5.56 Å². The summed E-state index contributed by atoms with van der Waals surface area (Å²) in [5.74, 6) is -0.725. The molecule has 28 heavy (non-hydrogen) atoms. The number of aromatic nitrogens is 3. The molecule has 1 fully saturated rings. The quantitative estimate of drug-likeness (QED) is 0.828. The Labute approximate surface area is 162 Å². The molecule has 3 heterocycles. The van der Waals surface area contributed by atoms with Gasteiger partial charge in [0.15, 0.2) is 0 Å². The number of amides is 2. The molecular weight excluding hydrogens is 362 g/mol. The zero-order chi connectivity index (χ0) is 20.1. The number of hydrogen-bond acceptors (Lipinski definition) is 5. The summed E-state index contributed by atoms with van der Waals surface area (Å²) in [7, 11) is 0. The number of likely N-dealkylation sites (tertiary alicyclic amines) is 1. The number of carboxylic acids is 1. The van der Waals surface area contributed by atoms with Gasteiger partial charge in [-0.2, -0.15) is 0 Å². The summed E-state index contributed by atoms with van der Waals surface area (Å²) in [6, 6.07) is 3.33. The Morgan fingerprint density at radius 2 is 2.07 bits per heavy atom. The molecule has 3 rings (SSSR count). The lowest BCUT2D eigenvalue weighted by molar-refractivity contribution is -0.145. The highest BCUT2D eigenvalue weighted by Crippen LogP contribution is 2.19. The minimum absolute atomic E-state index is 0.113. The fourth-order valence-corrected chi connectivity index (χ4v) is 3.48. The van der Waals surface area contributed by atoms with Gasteiger partial charge in [0.2, 0.25) is 5.91 Å². The van der Waals surface area contributed by atoms with Crippen LogP contribution >= 0.6 is 0 Å². The van der Waals surface area contributed by atoms with Gasteiger partial charge in [-0.25, -0.2) is 9.97 Å². The van der Waals surface area contributed by atoms with E-state index in [9.17, 15) is 14.4 Å². The van der Waals surface area contributed by atoms with Crippen LogP contribution in [-0.2, 0) is 9.59 Å². The molecule has 1 saturated heterocycles. The number of aliphatic carboxylic acids is 1. The van der Waals surface area contributed by atoms with E-state index in [2.05, 4.69) is 9.97 Å². The zero-order valence-corrected chi connectivity index (χ0v) is 15.7. The van der Waals surface area contributed by atoms with Gasteiger partial charge < -0.3 is 14.9 Å². The molecule has 9 nitrogen and oxygen atoms in total. The van der Waals surface area contributed by atoms with Crippen LogP contribution in [0.5, 0.6) is 0 Å². The lowest BCUT2D eigenvalue weighted by Crippen LogP contribution is -2.43. The third-order valence-corrected chi connectivity index (χ3v) is 4.90. The predicted octanol–water partition coefficient (Wildman–Crippen LogP) is 1.20. The molecule has 1 aliphatic heterocycles. The van der Waals surface area contributed by atoms with E-state index in [1.807, 2.05) is 0 Å². The standard InChI is InChI=1S/C19H23N5O4/c1-14(25)24(12-18(26)27)16-3-2-8-22(9-6-16)19(28)15-4-5-17(21-11-15)23-10-7-20-13-23/h4-5,7,10-11,13,16H,2-3,6,8-9,12H2,1H3,(H,26,27). The van der Waals surface area contributed by atoms with E-state index in [0.717, 1.165) is 0 Å². The largest absolute Gasteiger partial charge is 0.480 e. The molecule has 1 unspecified atom stereocenters. The second kappa shape index (κ2) is 8.64. The van der Waals surface area contributed by atoms with E-state index in [4.69, 9.17) is 5.11 Å². The first-order chi connectivity index (χ1) is 13.5. The zero-order valence-electron chi connectivity index (χ0n) is 15.7. The van der Waals surface area contributed by atoms with Crippen LogP contribution in [0.1, 0.15) is 36.5 Å². The molecule has 2 aromatic rings. The third-order valence-electron chi connectivity index (χ3n) is 4.90. The lowest BCUT2D eigenvalue weighted by atomic mass is 10.1. The number of carbonyl (C=O) groups excluding carboxylic acids is 2. The van der Waals surface area contributed by atoms with Gasteiger partial charge in [0, 0.05) is 44.6 Å². The number of imidazole rings is 1. The molecule has 0 bridgehead atoms. The molecule has 1 aliphatic rings. The van der Waals surface area contributed by atoms with Crippen molar-refractivity contribution in [1.82, 2.24) is 24.3 Å². The van der Waals surface area contributed by atoms with E-state index >= 15 is 0 Å². The topological polar surface area (TPSA) is 109 Å². The number of rotatable bonds is 5. The highest BCUT2D eigenvalue weighted by Gasteiger charge is 2.28. The molecule has 0 spiro atoms. The summed E-state index contributed by atoms with van der Waals surface area (Å²) < 4.78 is 1.75. The number of carboxylic acid groups (broad SMARTS) is 1. The Morgan fingerprint density at radius 3 is 2.68 bits per heavy atom. The maximum atomic E-state index is 12.8. The van der Waals surface area contributed by atoms with Crippen LogP contribution in [0.4, 0.5) is 0 Å². The summed E-state index contributed by atoms with van der Waals surface area (Å²) >= 11 is 0. The lowest BCUT2D eigenvalue weighted by Gasteiger charge is -2.28. The van der Waals surface area contributed by atoms with E-state index in [1.165, 1.54) is 11.8 Å². The highest BCUT2D eigenvalue weighted by atomic mass is 16.4. The van der Waals surface area contributed by atoms with Crippen molar-refractivity contribution >= 4 is 17.8 Å². The maximum absolute atomic E-state index is 12.8. The summed E-state index contributed by atoms with van der Waals surface area (Å²) in [6.45, 7) is 2.10. The molecule has 0 saturated carbocycles. The second-order valence-corrected chi connectivity index (χ2v) is 6.79. The van der Waals surface area contributed by atoms with Gasteiger partial charge in [0.25, 0.3) is 5.91 Å². The molecule has 9 heteroatoms. The first kappa shape index (κ1) is 19.5. The monoisotopic (exact) mass is 385 g/mol. The van der Waals surface area contributed by atoms with Crippen molar-refractivity contribution in [3.05, 3.63) is 42.6 Å². The third kappa shape index (κ3) is 4.54. The number of pyridine rings is 1. The minimum Gasteiger partial charge on any atom is -0.480 e. The Balaban J connectivity index is 1.65. The molecular formula is C19H23N5O4. The van der Waals surface area contributed by atoms with Gasteiger partial charge in [-0.1, -0.05) is 0 Å². The molecule has 1 atom stereocenters. The molecule has 148 valence electrons. The van der Waals surface area contributed by atoms with Gasteiger partial charge in [-0.05, 0) is 31.4 Å². The normalized spacial score (nSPS) is 17.0. The first-order valence-corrected chi connectivity index (χ1v) is 9.18. The number of carbonyl (C=O) groups is 3.